The lowest BCUT2D eigenvalue weighted by atomic mass is 10.1. The Balaban J connectivity index is 2.26. The molecule has 1 aliphatic heterocycles. The third kappa shape index (κ3) is 2.89. The molecule has 0 saturated carbocycles. The minimum Gasteiger partial charge on any atom is -0.462 e. The van der Waals surface area contributed by atoms with Crippen LogP contribution in [0.5, 0.6) is 0 Å². The van der Waals surface area contributed by atoms with Crippen molar-refractivity contribution in [2.45, 2.75) is 25.9 Å². The number of carbonyl (C=O) groups is 1. The van der Waals surface area contributed by atoms with Crippen LogP contribution in [0.3, 0.4) is 0 Å². The first-order valence-corrected chi connectivity index (χ1v) is 3.85. The molecule has 0 bridgehead atoms. The normalized spacial score (nSPS) is 24.5. The number of hydrogen-bond acceptors (Lipinski definition) is 3. The van der Waals surface area contributed by atoms with E-state index in [4.69, 9.17) is 7.48 Å². The lowest BCUT2D eigenvalue weighted by Gasteiger charge is -2.28. The fourth-order valence-electron chi connectivity index (χ4n) is 1.23. The van der Waals surface area contributed by atoms with E-state index in [1.54, 1.807) is 4.90 Å². The van der Waals surface area contributed by atoms with Gasteiger partial charge in [0, 0.05) is 22.8 Å². The van der Waals surface area contributed by atoms with E-state index >= 15 is 0 Å². The third-order valence-electron chi connectivity index (χ3n) is 1.81. The van der Waals surface area contributed by atoms with Crippen LogP contribution in [0.15, 0.2) is 0 Å². The molecule has 1 rings (SSSR count). The molecule has 0 atom stereocenters. The summed E-state index contributed by atoms with van der Waals surface area (Å²) in [6, 6.07) is 0. The molecule has 1 saturated heterocycles. The monoisotopic (exact) mass is 159 g/mol. The number of likely N-dealkylation sites (tertiary alicyclic amines) is 1. The Labute approximate surface area is 70.1 Å². The highest BCUT2D eigenvalue weighted by molar-refractivity contribution is 5.66. The fourth-order valence-corrected chi connectivity index (χ4v) is 1.23. The van der Waals surface area contributed by atoms with Crippen LogP contribution >= 0.6 is 0 Å². The molecule has 1 fully saturated rings. The van der Waals surface area contributed by atoms with Crippen LogP contribution < -0.4 is 0 Å². The van der Waals surface area contributed by atoms with Gasteiger partial charge < -0.3 is 9.64 Å². The van der Waals surface area contributed by atoms with Crippen LogP contribution in [0.25, 0.3) is 0 Å². The van der Waals surface area contributed by atoms with Crippen LogP contribution in [-0.2, 0) is 9.53 Å². The minimum atomic E-state index is -0.890. The number of nitrogens with zero attached hydrogens (tertiary/aromatic N) is 1. The Morgan fingerprint density at radius 3 is 2.73 bits per heavy atom. The maximum absolute atomic E-state index is 10.6. The zero-order valence-corrected chi connectivity index (χ0v) is 6.75. The maximum Gasteiger partial charge on any atom is 0.302 e. The molecular formula is C8H15NO2. The Bertz CT molecular complexity index is 179. The molecule has 0 aromatic heterocycles. The van der Waals surface area contributed by atoms with Crippen molar-refractivity contribution in [3.63, 3.8) is 0 Å². The Morgan fingerprint density at radius 2 is 2.27 bits per heavy atom. The lowest BCUT2D eigenvalue weighted by Crippen LogP contribution is -2.34. The van der Waals surface area contributed by atoms with E-state index in [1.165, 1.54) is 6.92 Å². The Kier molecular flexibility index (Phi) is 2.03. The quantitative estimate of drug-likeness (QED) is 0.526. The van der Waals surface area contributed by atoms with E-state index in [2.05, 4.69) is 0 Å². The second-order valence-corrected chi connectivity index (χ2v) is 2.84. The van der Waals surface area contributed by atoms with Crippen LogP contribution in [0.2, 0.25) is 0 Å². The lowest BCUT2D eigenvalue weighted by molar-refractivity contribution is -0.148. The van der Waals surface area contributed by atoms with E-state index in [0.29, 0.717) is 13.1 Å². The highest BCUT2D eigenvalue weighted by atomic mass is 16.5. The van der Waals surface area contributed by atoms with Gasteiger partial charge in [0.1, 0.15) is 6.10 Å². The van der Waals surface area contributed by atoms with E-state index < -0.39 is 7.00 Å². The highest BCUT2D eigenvalue weighted by Crippen LogP contribution is 2.11. The molecule has 1 heterocycles. The zero-order valence-electron chi connectivity index (χ0n) is 8.75. The Hall–Kier alpha value is -0.570. The highest BCUT2D eigenvalue weighted by Gasteiger charge is 2.18. The molecule has 11 heavy (non-hydrogen) atoms. The smallest absolute Gasteiger partial charge is 0.302 e. The first kappa shape index (κ1) is 6.00. The van der Waals surface area contributed by atoms with Crippen molar-refractivity contribution in [2.75, 3.05) is 20.1 Å². The van der Waals surface area contributed by atoms with Crippen molar-refractivity contribution in [2.24, 2.45) is 0 Å². The molecule has 0 amide bonds. The maximum atomic E-state index is 10.6. The standard InChI is InChI=1S/C8H15NO2/c1-7(10)11-8-3-5-9(2)6-4-8/h8H,3-6H2,1-2H3/i2D2. The second-order valence-electron chi connectivity index (χ2n) is 2.84. The van der Waals surface area contributed by atoms with E-state index in [9.17, 15) is 4.79 Å². The molecule has 0 unspecified atom stereocenters. The van der Waals surface area contributed by atoms with Gasteiger partial charge in [0.2, 0.25) is 0 Å². The van der Waals surface area contributed by atoms with Gasteiger partial charge in [-0.25, -0.2) is 0 Å². The molecule has 0 aromatic carbocycles. The summed E-state index contributed by atoms with van der Waals surface area (Å²) in [5, 5.41) is 0. The number of hydrogen-bond donors (Lipinski definition) is 0. The van der Waals surface area contributed by atoms with Crippen molar-refractivity contribution in [1.29, 1.82) is 0 Å². The largest absolute Gasteiger partial charge is 0.462 e. The SMILES string of the molecule is [2H]C([2H])N1CCC(OC(C)=O)CC1. The molecule has 0 N–H and O–H groups in total. The van der Waals surface area contributed by atoms with Gasteiger partial charge in [0.05, 0.1) is 0 Å². The number of ether oxygens (including phenoxy) is 1. The van der Waals surface area contributed by atoms with Gasteiger partial charge in [-0.2, -0.15) is 0 Å². The van der Waals surface area contributed by atoms with Gasteiger partial charge in [-0.3, -0.25) is 4.79 Å². The van der Waals surface area contributed by atoms with Crippen molar-refractivity contribution >= 4 is 5.97 Å². The summed E-state index contributed by atoms with van der Waals surface area (Å²) in [7, 11) is 0. The van der Waals surface area contributed by atoms with Crippen LogP contribution in [0.4, 0.5) is 0 Å². The summed E-state index contributed by atoms with van der Waals surface area (Å²) in [5.74, 6) is -0.244. The van der Waals surface area contributed by atoms with Gasteiger partial charge in [0.15, 0.2) is 0 Å². The summed E-state index contributed by atoms with van der Waals surface area (Å²) >= 11 is 0. The number of piperidine rings is 1. The van der Waals surface area contributed by atoms with Crippen molar-refractivity contribution < 1.29 is 12.3 Å². The zero-order chi connectivity index (χ0) is 9.84. The average Bonchev–Trinajstić information content (AvgIpc) is 2.04. The number of carbonyl (C=O) groups excluding carboxylic acids is 1. The van der Waals surface area contributed by atoms with Crippen molar-refractivity contribution in [3.8, 4) is 0 Å². The molecule has 0 spiro atoms. The number of esters is 1. The van der Waals surface area contributed by atoms with Crippen LogP contribution in [0, 0.1) is 0 Å². The number of rotatable bonds is 1. The van der Waals surface area contributed by atoms with Gasteiger partial charge in [-0.15, -0.1) is 0 Å². The second kappa shape index (κ2) is 3.72. The van der Waals surface area contributed by atoms with Crippen LogP contribution in [-0.4, -0.2) is 37.1 Å². The van der Waals surface area contributed by atoms with E-state index in [1.807, 2.05) is 0 Å². The van der Waals surface area contributed by atoms with Crippen LogP contribution in [0.1, 0.15) is 22.5 Å². The van der Waals surface area contributed by atoms with E-state index in [0.717, 1.165) is 12.8 Å². The average molecular weight is 159 g/mol. The molecule has 1 aliphatic rings. The summed E-state index contributed by atoms with van der Waals surface area (Å²) < 4.78 is 19.4. The van der Waals surface area contributed by atoms with Gasteiger partial charge in [-0.1, -0.05) is 0 Å². The molecule has 3 heteroatoms. The fraction of sp³-hybridized carbons (Fsp3) is 0.875. The summed E-state index contributed by atoms with van der Waals surface area (Å²) in [4.78, 5) is 12.4. The molecule has 0 aromatic rings. The molecule has 3 nitrogen and oxygen atoms in total. The van der Waals surface area contributed by atoms with Gasteiger partial charge >= 0.3 is 5.97 Å². The van der Waals surface area contributed by atoms with Crippen molar-refractivity contribution in [3.05, 3.63) is 0 Å². The third-order valence-corrected chi connectivity index (χ3v) is 1.81. The first-order chi connectivity index (χ1) is 6.09. The topological polar surface area (TPSA) is 29.5 Å². The summed E-state index contributed by atoms with van der Waals surface area (Å²) in [5.41, 5.74) is 0. The predicted molar refractivity (Wildman–Crippen MR) is 42.3 cm³/mol. The molecule has 0 radical (unpaired) electrons. The molecular weight excluding hydrogens is 142 g/mol. The Morgan fingerprint density at radius 1 is 1.64 bits per heavy atom. The van der Waals surface area contributed by atoms with Gasteiger partial charge in [-0.05, 0) is 19.8 Å². The predicted octanol–water partition coefficient (Wildman–Crippen LogP) is 0.644. The summed E-state index contributed by atoms with van der Waals surface area (Å²) in [6.45, 7) is 1.87. The minimum absolute atomic E-state index is 0.00694. The van der Waals surface area contributed by atoms with E-state index in [-0.39, 0.29) is 12.1 Å². The van der Waals surface area contributed by atoms with Crippen molar-refractivity contribution in [1.82, 2.24) is 4.90 Å². The first-order valence-electron chi connectivity index (χ1n) is 5.01. The molecule has 64 valence electrons. The molecule has 0 aliphatic carbocycles. The van der Waals surface area contributed by atoms with Gasteiger partial charge in [0.25, 0.3) is 0 Å². The summed E-state index contributed by atoms with van der Waals surface area (Å²) in [6.07, 6.45) is 1.48.